The van der Waals surface area contributed by atoms with Gasteiger partial charge in [-0.2, -0.15) is 0 Å². The Morgan fingerprint density at radius 3 is 2.71 bits per heavy atom. The van der Waals surface area contributed by atoms with Gasteiger partial charge in [0.2, 0.25) is 0 Å². The summed E-state index contributed by atoms with van der Waals surface area (Å²) >= 11 is 0. The van der Waals surface area contributed by atoms with Gasteiger partial charge in [-0.25, -0.2) is 4.98 Å². The van der Waals surface area contributed by atoms with E-state index in [1.165, 1.54) is 0 Å². The van der Waals surface area contributed by atoms with Crippen molar-refractivity contribution in [2.45, 2.75) is 6.10 Å². The molecule has 3 heterocycles. The number of aliphatic hydroxyl groups excluding tert-OH is 2. The second-order valence-electron chi connectivity index (χ2n) is 7.00. The van der Waals surface area contributed by atoms with Gasteiger partial charge in [-0.15, -0.1) is 0 Å². The van der Waals surface area contributed by atoms with E-state index in [9.17, 15) is 5.11 Å². The van der Waals surface area contributed by atoms with Crippen LogP contribution in [0.4, 0.5) is 5.82 Å². The van der Waals surface area contributed by atoms with E-state index >= 15 is 0 Å². The van der Waals surface area contributed by atoms with Crippen molar-refractivity contribution < 1.29 is 14.9 Å². The van der Waals surface area contributed by atoms with Gasteiger partial charge in [-0.05, 0) is 28.8 Å². The number of hydrogen-bond acceptors (Lipinski definition) is 6. The van der Waals surface area contributed by atoms with Crippen LogP contribution in [0.25, 0.3) is 22.2 Å². The highest BCUT2D eigenvalue weighted by Crippen LogP contribution is 2.30. The van der Waals surface area contributed by atoms with Gasteiger partial charge in [0.1, 0.15) is 11.5 Å². The normalized spacial score (nSPS) is 16.4. The average molecular weight is 382 g/mol. The lowest BCUT2D eigenvalue weighted by molar-refractivity contribution is 0.0143. The van der Waals surface area contributed by atoms with Crippen LogP contribution in [0.15, 0.2) is 42.6 Å². The van der Waals surface area contributed by atoms with Crippen LogP contribution in [0.5, 0.6) is 0 Å². The molecule has 7 nitrogen and oxygen atoms in total. The van der Waals surface area contributed by atoms with Gasteiger partial charge in [0.15, 0.2) is 0 Å². The first-order valence-corrected chi connectivity index (χ1v) is 9.66. The third-order valence-corrected chi connectivity index (χ3v) is 5.09. The van der Waals surface area contributed by atoms with Crippen molar-refractivity contribution in [1.29, 1.82) is 0 Å². The zero-order valence-electron chi connectivity index (χ0n) is 15.8. The number of anilines is 1. The van der Waals surface area contributed by atoms with E-state index in [1.807, 2.05) is 42.6 Å². The maximum absolute atomic E-state index is 10.6. The van der Waals surface area contributed by atoms with Gasteiger partial charge in [-0.1, -0.05) is 24.3 Å². The first kappa shape index (κ1) is 18.9. The Morgan fingerprint density at radius 2 is 1.96 bits per heavy atom. The number of fused-ring (bicyclic) bond motifs is 1. The number of rotatable bonds is 7. The molecule has 7 heteroatoms. The minimum atomic E-state index is -0.515. The molecule has 0 radical (unpaired) electrons. The molecule has 4 rings (SSSR count). The standard InChI is InChI=1S/C21H26N4O3/c26-10-7-22-20-13-18(17-5-6-23-21(17)24-20)15-1-3-16(4-2-15)19(27)14-25-8-11-28-12-9-25/h1-6,13,19,26-27H,7-12,14H2,(H2,22,23,24)/t19-/m0/s1. The minimum absolute atomic E-state index is 0.0511. The lowest BCUT2D eigenvalue weighted by Crippen LogP contribution is -2.38. The number of ether oxygens (including phenoxy) is 1. The number of morpholine rings is 1. The summed E-state index contributed by atoms with van der Waals surface area (Å²) in [7, 11) is 0. The van der Waals surface area contributed by atoms with Crippen LogP contribution >= 0.6 is 0 Å². The predicted molar refractivity (Wildman–Crippen MR) is 109 cm³/mol. The van der Waals surface area contributed by atoms with Crippen LogP contribution in [-0.4, -0.2) is 71.1 Å². The number of nitrogens with one attached hydrogen (secondary N) is 2. The Kier molecular flexibility index (Phi) is 5.87. The van der Waals surface area contributed by atoms with Crippen LogP contribution in [0.1, 0.15) is 11.7 Å². The molecule has 1 atom stereocenters. The molecule has 0 bridgehead atoms. The van der Waals surface area contributed by atoms with E-state index in [1.54, 1.807) is 0 Å². The van der Waals surface area contributed by atoms with Crippen molar-refractivity contribution in [3.8, 4) is 11.1 Å². The van der Waals surface area contributed by atoms with Gasteiger partial charge in [0.25, 0.3) is 0 Å². The first-order valence-electron chi connectivity index (χ1n) is 9.66. The lowest BCUT2D eigenvalue weighted by Gasteiger charge is -2.28. The van der Waals surface area contributed by atoms with Crippen molar-refractivity contribution in [1.82, 2.24) is 14.9 Å². The van der Waals surface area contributed by atoms with Gasteiger partial charge >= 0.3 is 0 Å². The second kappa shape index (κ2) is 8.70. The Hall–Kier alpha value is -2.45. The summed E-state index contributed by atoms with van der Waals surface area (Å²) in [4.78, 5) is 9.92. The average Bonchev–Trinajstić information content (AvgIpc) is 3.21. The summed E-state index contributed by atoms with van der Waals surface area (Å²) in [5.41, 5.74) is 3.82. The van der Waals surface area contributed by atoms with Crippen LogP contribution < -0.4 is 5.32 Å². The predicted octanol–water partition coefficient (Wildman–Crippen LogP) is 2.00. The molecule has 28 heavy (non-hydrogen) atoms. The first-order chi connectivity index (χ1) is 13.7. The molecule has 0 saturated carbocycles. The highest BCUT2D eigenvalue weighted by Gasteiger charge is 2.16. The Morgan fingerprint density at radius 1 is 1.18 bits per heavy atom. The molecule has 0 aliphatic carbocycles. The molecule has 148 valence electrons. The zero-order valence-corrected chi connectivity index (χ0v) is 15.8. The molecule has 1 aromatic carbocycles. The summed E-state index contributed by atoms with van der Waals surface area (Å²) in [6.45, 7) is 4.30. The van der Waals surface area contributed by atoms with Gasteiger partial charge in [0, 0.05) is 37.8 Å². The molecular weight excluding hydrogens is 356 g/mol. The number of hydrogen-bond donors (Lipinski definition) is 4. The van der Waals surface area contributed by atoms with Gasteiger partial charge in [0.05, 0.1) is 25.9 Å². The summed E-state index contributed by atoms with van der Waals surface area (Å²) in [6.07, 6.45) is 1.36. The Bertz CT molecular complexity index is 904. The topological polar surface area (TPSA) is 93.6 Å². The molecule has 0 amide bonds. The third-order valence-electron chi connectivity index (χ3n) is 5.09. The number of benzene rings is 1. The van der Waals surface area contributed by atoms with Crippen molar-refractivity contribution >= 4 is 16.9 Å². The van der Waals surface area contributed by atoms with Gasteiger partial charge in [-0.3, -0.25) is 4.90 Å². The highest BCUT2D eigenvalue weighted by atomic mass is 16.5. The van der Waals surface area contributed by atoms with E-state index in [2.05, 4.69) is 20.2 Å². The van der Waals surface area contributed by atoms with E-state index in [-0.39, 0.29) is 6.61 Å². The molecule has 1 saturated heterocycles. The van der Waals surface area contributed by atoms with E-state index in [0.29, 0.717) is 13.1 Å². The van der Waals surface area contributed by atoms with Gasteiger partial charge < -0.3 is 25.3 Å². The molecule has 1 aliphatic rings. The summed E-state index contributed by atoms with van der Waals surface area (Å²) in [5.74, 6) is 0.718. The Labute approximate surface area is 164 Å². The fourth-order valence-corrected chi connectivity index (χ4v) is 3.57. The minimum Gasteiger partial charge on any atom is -0.395 e. The molecule has 1 aliphatic heterocycles. The maximum Gasteiger partial charge on any atom is 0.140 e. The van der Waals surface area contributed by atoms with E-state index < -0.39 is 6.10 Å². The SMILES string of the molecule is OCCNc1cc(-c2ccc([C@@H](O)CN3CCOCC3)cc2)c2cc[nH]c2n1. The number of nitrogens with zero attached hydrogens (tertiary/aromatic N) is 2. The molecule has 4 N–H and O–H groups in total. The highest BCUT2D eigenvalue weighted by molar-refractivity contribution is 5.94. The van der Waals surface area contributed by atoms with Crippen molar-refractivity contribution in [3.05, 3.63) is 48.2 Å². The molecule has 0 spiro atoms. The molecule has 3 aromatic rings. The summed E-state index contributed by atoms with van der Waals surface area (Å²) in [6, 6.07) is 12.0. The number of β-amino-alcohol motifs (C(OH)–C–C–N with tert-alkyl or cyclic N) is 1. The Balaban J connectivity index is 1.55. The smallest absolute Gasteiger partial charge is 0.140 e. The molecule has 2 aromatic heterocycles. The van der Waals surface area contributed by atoms with Crippen molar-refractivity contribution in [3.63, 3.8) is 0 Å². The van der Waals surface area contributed by atoms with Crippen LogP contribution in [0, 0.1) is 0 Å². The third kappa shape index (κ3) is 4.18. The number of aromatic nitrogens is 2. The monoisotopic (exact) mass is 382 g/mol. The second-order valence-corrected chi connectivity index (χ2v) is 7.00. The molecule has 1 fully saturated rings. The largest absolute Gasteiger partial charge is 0.395 e. The zero-order chi connectivity index (χ0) is 19.3. The summed E-state index contributed by atoms with van der Waals surface area (Å²) in [5, 5.41) is 23.8. The quantitative estimate of drug-likeness (QED) is 0.499. The number of pyridine rings is 1. The van der Waals surface area contributed by atoms with Crippen LogP contribution in [0.3, 0.4) is 0 Å². The number of aromatic amines is 1. The fourth-order valence-electron chi connectivity index (χ4n) is 3.57. The lowest BCUT2D eigenvalue weighted by atomic mass is 10.00. The molecular formula is C21H26N4O3. The number of H-pyrrole nitrogens is 1. The number of aliphatic hydroxyl groups is 2. The maximum atomic E-state index is 10.6. The summed E-state index contributed by atoms with van der Waals surface area (Å²) < 4.78 is 5.36. The van der Waals surface area contributed by atoms with Crippen LogP contribution in [0.2, 0.25) is 0 Å². The van der Waals surface area contributed by atoms with Crippen molar-refractivity contribution in [2.75, 3.05) is 51.3 Å². The van der Waals surface area contributed by atoms with Crippen molar-refractivity contribution in [2.24, 2.45) is 0 Å². The van der Waals surface area contributed by atoms with E-state index in [4.69, 9.17) is 9.84 Å². The van der Waals surface area contributed by atoms with Crippen LogP contribution in [-0.2, 0) is 4.74 Å². The fraction of sp³-hybridized carbons (Fsp3) is 0.381. The van der Waals surface area contributed by atoms with E-state index in [0.717, 1.165) is 59.8 Å². The molecule has 0 unspecified atom stereocenters.